The van der Waals surface area contributed by atoms with Crippen molar-refractivity contribution < 1.29 is 17.1 Å². The predicted molar refractivity (Wildman–Crippen MR) is 86.5 cm³/mol. The monoisotopic (exact) mass is 318 g/mol. The van der Waals surface area contributed by atoms with Gasteiger partial charge in [-0.15, -0.1) is 0 Å². The molecule has 0 aliphatic rings. The molecule has 0 saturated heterocycles. The van der Waals surface area contributed by atoms with Gasteiger partial charge in [0.1, 0.15) is 15.9 Å². The first-order valence-electron chi connectivity index (χ1n) is 6.48. The van der Waals surface area contributed by atoms with Crippen molar-refractivity contribution in [1.82, 2.24) is 0 Å². The Morgan fingerprint density at radius 2 is 0.650 bits per heavy atom. The second-order valence-corrected chi connectivity index (χ2v) is 6.96. The van der Waals surface area contributed by atoms with E-state index in [0.717, 1.165) is 0 Å². The van der Waals surface area contributed by atoms with Crippen LogP contribution in [0.3, 0.4) is 0 Å². The molecule has 0 amide bonds. The molecule has 2 heteroatoms. The Kier molecular flexibility index (Phi) is 5.56. The zero-order valence-electron chi connectivity index (χ0n) is 11.0. The molecule has 0 unspecified atom stereocenters. The van der Waals surface area contributed by atoms with Gasteiger partial charge in [-0.25, -0.2) is 0 Å². The van der Waals surface area contributed by atoms with E-state index in [0.29, 0.717) is 0 Å². The molecule has 0 atom stereocenters. The van der Waals surface area contributed by atoms with E-state index >= 15 is 0 Å². The van der Waals surface area contributed by atoms with E-state index in [-0.39, 0.29) is 17.1 Å². The maximum absolute atomic E-state index is 2.24. The minimum atomic E-state index is -0.877. The van der Waals surface area contributed by atoms with Crippen LogP contribution in [0.5, 0.6) is 0 Å². The van der Waals surface area contributed by atoms with E-state index in [1.54, 1.807) is 0 Å². The molecule has 0 aliphatic carbocycles. The standard InChI is InChI=1S/C18H15P.Mn/c1-4-10-16(11-5-1)19(17-12-6-2-7-13-17)18-14-8-3-9-15-18;/h1-15H;/p+1. The first-order valence-corrected chi connectivity index (χ1v) is 7.98. The van der Waals surface area contributed by atoms with Crippen LogP contribution in [0.25, 0.3) is 0 Å². The van der Waals surface area contributed by atoms with E-state index in [4.69, 9.17) is 0 Å². The Balaban J connectivity index is 0.00000147. The van der Waals surface area contributed by atoms with E-state index in [9.17, 15) is 0 Å². The van der Waals surface area contributed by atoms with Gasteiger partial charge in [-0.1, -0.05) is 54.6 Å². The fourth-order valence-corrected chi connectivity index (χ4v) is 4.89. The molecule has 1 radical (unpaired) electrons. The second kappa shape index (κ2) is 7.41. The SMILES string of the molecule is [Mn].c1ccc([PH+](c2ccccc2)c2ccccc2)cc1. The summed E-state index contributed by atoms with van der Waals surface area (Å²) < 4.78 is 0. The van der Waals surface area contributed by atoms with Crippen molar-refractivity contribution in [2.45, 2.75) is 0 Å². The van der Waals surface area contributed by atoms with Crippen molar-refractivity contribution in [3.05, 3.63) is 91.0 Å². The van der Waals surface area contributed by atoms with Gasteiger partial charge in [0, 0.05) is 17.1 Å². The molecular formula is C18H16MnP+. The Labute approximate surface area is 132 Å². The van der Waals surface area contributed by atoms with Crippen molar-refractivity contribution >= 4 is 23.8 Å². The van der Waals surface area contributed by atoms with Gasteiger partial charge in [0.25, 0.3) is 0 Å². The third-order valence-corrected chi connectivity index (χ3v) is 5.92. The van der Waals surface area contributed by atoms with Crippen LogP contribution < -0.4 is 15.9 Å². The van der Waals surface area contributed by atoms with Crippen LogP contribution in [0.15, 0.2) is 91.0 Å². The van der Waals surface area contributed by atoms with Crippen LogP contribution >= 0.6 is 7.92 Å². The summed E-state index contributed by atoms with van der Waals surface area (Å²) >= 11 is 0. The summed E-state index contributed by atoms with van der Waals surface area (Å²) in [7, 11) is -0.877. The Bertz CT molecular complexity index is 529. The smallest absolute Gasteiger partial charge is 0.0620 e. The molecule has 0 bridgehead atoms. The quantitative estimate of drug-likeness (QED) is 0.514. The molecular weight excluding hydrogens is 302 g/mol. The van der Waals surface area contributed by atoms with Crippen molar-refractivity contribution in [1.29, 1.82) is 0 Å². The van der Waals surface area contributed by atoms with Crippen molar-refractivity contribution in [3.63, 3.8) is 0 Å². The van der Waals surface area contributed by atoms with Gasteiger partial charge >= 0.3 is 0 Å². The van der Waals surface area contributed by atoms with Gasteiger partial charge in [0.2, 0.25) is 0 Å². The number of hydrogen-bond acceptors (Lipinski definition) is 0. The molecule has 0 nitrogen and oxygen atoms in total. The summed E-state index contributed by atoms with van der Waals surface area (Å²) in [5.74, 6) is 0. The molecule has 0 fully saturated rings. The summed E-state index contributed by atoms with van der Waals surface area (Å²) in [6.45, 7) is 0. The fourth-order valence-electron chi connectivity index (χ4n) is 2.31. The van der Waals surface area contributed by atoms with Gasteiger partial charge in [-0.2, -0.15) is 0 Å². The number of hydrogen-bond donors (Lipinski definition) is 0. The first kappa shape index (κ1) is 15.0. The Hall–Kier alpha value is -1.39. The number of benzene rings is 3. The largest absolute Gasteiger partial charge is 0.102 e. The first-order chi connectivity index (χ1) is 9.45. The van der Waals surface area contributed by atoms with Crippen molar-refractivity contribution in [3.8, 4) is 0 Å². The van der Waals surface area contributed by atoms with E-state index in [1.165, 1.54) is 15.9 Å². The maximum Gasteiger partial charge on any atom is 0.102 e. The van der Waals surface area contributed by atoms with Crippen molar-refractivity contribution in [2.24, 2.45) is 0 Å². The molecule has 3 aromatic carbocycles. The summed E-state index contributed by atoms with van der Waals surface area (Å²) in [6, 6.07) is 32.5. The third kappa shape index (κ3) is 3.38. The van der Waals surface area contributed by atoms with Crippen molar-refractivity contribution in [2.75, 3.05) is 0 Å². The minimum Gasteiger partial charge on any atom is -0.0620 e. The molecule has 0 spiro atoms. The topological polar surface area (TPSA) is 0 Å². The van der Waals surface area contributed by atoms with E-state index in [2.05, 4.69) is 91.0 Å². The molecule has 0 aliphatic heterocycles. The molecule has 0 saturated carbocycles. The fraction of sp³-hybridized carbons (Fsp3) is 0. The minimum absolute atomic E-state index is 0. The Morgan fingerprint density at radius 3 is 0.900 bits per heavy atom. The Morgan fingerprint density at radius 1 is 0.400 bits per heavy atom. The molecule has 0 heterocycles. The van der Waals surface area contributed by atoms with Crippen LogP contribution in [0.2, 0.25) is 0 Å². The molecule has 99 valence electrons. The summed E-state index contributed by atoms with van der Waals surface area (Å²) in [5.41, 5.74) is 0. The summed E-state index contributed by atoms with van der Waals surface area (Å²) in [5, 5.41) is 4.31. The van der Waals surface area contributed by atoms with Gasteiger partial charge < -0.3 is 0 Å². The van der Waals surface area contributed by atoms with E-state index < -0.39 is 7.92 Å². The average Bonchev–Trinajstić information content (AvgIpc) is 2.51. The van der Waals surface area contributed by atoms with Crippen LogP contribution in [0.1, 0.15) is 0 Å². The summed E-state index contributed by atoms with van der Waals surface area (Å²) in [6.07, 6.45) is 0. The second-order valence-electron chi connectivity index (χ2n) is 4.47. The third-order valence-electron chi connectivity index (χ3n) is 3.19. The average molecular weight is 318 g/mol. The maximum atomic E-state index is 2.24. The molecule has 0 N–H and O–H groups in total. The van der Waals surface area contributed by atoms with Gasteiger partial charge in [0.05, 0.1) is 7.92 Å². The normalized spacial score (nSPS) is 10.1. The van der Waals surface area contributed by atoms with Gasteiger partial charge in [-0.05, 0) is 36.4 Å². The van der Waals surface area contributed by atoms with Crippen LogP contribution in [0.4, 0.5) is 0 Å². The zero-order chi connectivity index (χ0) is 12.9. The summed E-state index contributed by atoms with van der Waals surface area (Å²) in [4.78, 5) is 0. The van der Waals surface area contributed by atoms with E-state index in [1.807, 2.05) is 0 Å². The van der Waals surface area contributed by atoms with Crippen LogP contribution in [-0.4, -0.2) is 0 Å². The molecule has 0 aromatic heterocycles. The molecule has 3 aromatic rings. The number of rotatable bonds is 3. The van der Waals surface area contributed by atoms with Gasteiger partial charge in [0.15, 0.2) is 0 Å². The van der Waals surface area contributed by atoms with Gasteiger partial charge in [-0.3, -0.25) is 0 Å². The zero-order valence-corrected chi connectivity index (χ0v) is 13.2. The molecule has 20 heavy (non-hydrogen) atoms. The van der Waals surface area contributed by atoms with Crippen LogP contribution in [0, 0.1) is 0 Å². The van der Waals surface area contributed by atoms with Crippen LogP contribution in [-0.2, 0) is 17.1 Å². The molecule has 3 rings (SSSR count). The predicted octanol–water partition coefficient (Wildman–Crippen LogP) is 3.17.